The van der Waals surface area contributed by atoms with Gasteiger partial charge in [-0.2, -0.15) is 0 Å². The maximum atomic E-state index is 13.2. The monoisotopic (exact) mass is 209 g/mol. The van der Waals surface area contributed by atoms with E-state index in [1.165, 1.54) is 6.07 Å². The van der Waals surface area contributed by atoms with Gasteiger partial charge in [0.1, 0.15) is 5.82 Å². The lowest BCUT2D eigenvalue weighted by Crippen LogP contribution is -2.28. The number of rotatable bonds is 4. The van der Waals surface area contributed by atoms with E-state index in [0.29, 0.717) is 0 Å². The highest BCUT2D eigenvalue weighted by Crippen LogP contribution is 2.10. The molecule has 1 aromatic carbocycles. The fraction of sp³-hybridized carbons (Fsp3) is 0.538. The van der Waals surface area contributed by atoms with E-state index >= 15 is 0 Å². The summed E-state index contributed by atoms with van der Waals surface area (Å²) in [7, 11) is 0. The molecule has 0 spiro atoms. The molecule has 0 radical (unpaired) electrons. The van der Waals surface area contributed by atoms with Crippen LogP contribution in [-0.4, -0.2) is 13.1 Å². The second kappa shape index (κ2) is 5.26. The molecule has 0 aliphatic rings. The first kappa shape index (κ1) is 12.2. The molecule has 1 aromatic rings. The van der Waals surface area contributed by atoms with E-state index in [4.69, 9.17) is 0 Å². The summed E-state index contributed by atoms with van der Waals surface area (Å²) in [5, 5.41) is 3.33. The zero-order chi connectivity index (χ0) is 11.3. The maximum absolute atomic E-state index is 13.2. The van der Waals surface area contributed by atoms with Gasteiger partial charge in [-0.1, -0.05) is 39.0 Å². The Kier molecular flexibility index (Phi) is 4.28. The van der Waals surface area contributed by atoms with E-state index < -0.39 is 0 Å². The summed E-state index contributed by atoms with van der Waals surface area (Å²) in [6, 6.07) is 6.96. The topological polar surface area (TPSA) is 12.0 Å². The third kappa shape index (κ3) is 4.93. The summed E-state index contributed by atoms with van der Waals surface area (Å²) in [6.07, 6.45) is 0.753. The first-order valence-electron chi connectivity index (χ1n) is 5.43. The van der Waals surface area contributed by atoms with Gasteiger partial charge in [0.25, 0.3) is 0 Å². The van der Waals surface area contributed by atoms with Crippen LogP contribution < -0.4 is 5.32 Å². The third-order valence-corrected chi connectivity index (χ3v) is 2.18. The SMILES string of the molecule is CC(C)(C)CNCCc1ccccc1F. The second-order valence-electron chi connectivity index (χ2n) is 5.08. The summed E-state index contributed by atoms with van der Waals surface area (Å²) in [5.74, 6) is -0.102. The Labute approximate surface area is 91.7 Å². The molecule has 84 valence electrons. The van der Waals surface area contributed by atoms with Gasteiger partial charge >= 0.3 is 0 Å². The molecule has 15 heavy (non-hydrogen) atoms. The summed E-state index contributed by atoms with van der Waals surface area (Å²) in [6.45, 7) is 8.34. The van der Waals surface area contributed by atoms with Crippen molar-refractivity contribution < 1.29 is 4.39 Å². The van der Waals surface area contributed by atoms with Gasteiger partial charge in [0.2, 0.25) is 0 Å². The highest BCUT2D eigenvalue weighted by molar-refractivity contribution is 5.17. The van der Waals surface area contributed by atoms with Crippen molar-refractivity contribution in [2.24, 2.45) is 5.41 Å². The summed E-state index contributed by atoms with van der Waals surface area (Å²) in [4.78, 5) is 0. The number of halogens is 1. The summed E-state index contributed by atoms with van der Waals surface area (Å²) < 4.78 is 13.2. The molecular weight excluding hydrogens is 189 g/mol. The Bertz CT molecular complexity index is 302. The molecule has 0 atom stereocenters. The zero-order valence-electron chi connectivity index (χ0n) is 9.81. The van der Waals surface area contributed by atoms with Crippen LogP contribution in [0.25, 0.3) is 0 Å². The van der Waals surface area contributed by atoms with Gasteiger partial charge < -0.3 is 5.32 Å². The molecule has 0 unspecified atom stereocenters. The molecule has 1 N–H and O–H groups in total. The predicted molar refractivity (Wildman–Crippen MR) is 62.4 cm³/mol. The van der Waals surface area contributed by atoms with Gasteiger partial charge in [0, 0.05) is 6.54 Å². The van der Waals surface area contributed by atoms with Crippen molar-refractivity contribution in [3.05, 3.63) is 35.6 Å². The van der Waals surface area contributed by atoms with Crippen LogP contribution in [0.2, 0.25) is 0 Å². The molecule has 0 saturated carbocycles. The first-order chi connectivity index (χ1) is 6.99. The standard InChI is InChI=1S/C13H20FN/c1-13(2,3)10-15-9-8-11-6-4-5-7-12(11)14/h4-7,15H,8-10H2,1-3H3. The fourth-order valence-electron chi connectivity index (χ4n) is 1.39. The molecule has 0 aliphatic heterocycles. The van der Waals surface area contributed by atoms with E-state index in [1.807, 2.05) is 12.1 Å². The van der Waals surface area contributed by atoms with E-state index in [0.717, 1.165) is 25.1 Å². The smallest absolute Gasteiger partial charge is 0.126 e. The number of benzene rings is 1. The predicted octanol–water partition coefficient (Wildman–Crippen LogP) is 3.00. The third-order valence-electron chi connectivity index (χ3n) is 2.18. The van der Waals surface area contributed by atoms with Gasteiger partial charge in [-0.05, 0) is 30.0 Å². The van der Waals surface area contributed by atoms with Gasteiger partial charge in [-0.3, -0.25) is 0 Å². The molecule has 2 heteroatoms. The van der Waals surface area contributed by atoms with Crippen LogP contribution in [0.5, 0.6) is 0 Å². The molecule has 0 heterocycles. The lowest BCUT2D eigenvalue weighted by atomic mass is 9.97. The van der Waals surface area contributed by atoms with E-state index in [9.17, 15) is 4.39 Å². The van der Waals surface area contributed by atoms with Crippen molar-refractivity contribution >= 4 is 0 Å². The Morgan fingerprint density at radius 3 is 2.47 bits per heavy atom. The molecular formula is C13H20FN. The van der Waals surface area contributed by atoms with Crippen LogP contribution in [0.3, 0.4) is 0 Å². The molecule has 0 bridgehead atoms. The van der Waals surface area contributed by atoms with Gasteiger partial charge in [-0.25, -0.2) is 4.39 Å². The van der Waals surface area contributed by atoms with Crippen molar-refractivity contribution in [2.45, 2.75) is 27.2 Å². The van der Waals surface area contributed by atoms with E-state index in [-0.39, 0.29) is 11.2 Å². The number of hydrogen-bond acceptors (Lipinski definition) is 1. The van der Waals surface area contributed by atoms with Crippen LogP contribution >= 0.6 is 0 Å². The van der Waals surface area contributed by atoms with Crippen molar-refractivity contribution in [1.29, 1.82) is 0 Å². The van der Waals surface area contributed by atoms with Crippen LogP contribution in [0.1, 0.15) is 26.3 Å². The molecule has 0 aliphatic carbocycles. The average Bonchev–Trinajstić information content (AvgIpc) is 2.13. The largest absolute Gasteiger partial charge is 0.316 e. The van der Waals surface area contributed by atoms with Crippen LogP contribution in [-0.2, 0) is 6.42 Å². The first-order valence-corrected chi connectivity index (χ1v) is 5.43. The Morgan fingerprint density at radius 1 is 1.20 bits per heavy atom. The maximum Gasteiger partial charge on any atom is 0.126 e. The highest BCUT2D eigenvalue weighted by atomic mass is 19.1. The van der Waals surface area contributed by atoms with Crippen LogP contribution in [0, 0.1) is 11.2 Å². The normalized spacial score (nSPS) is 11.7. The highest BCUT2D eigenvalue weighted by Gasteiger charge is 2.08. The molecule has 0 amide bonds. The number of hydrogen-bond donors (Lipinski definition) is 1. The Hall–Kier alpha value is -0.890. The quantitative estimate of drug-likeness (QED) is 0.752. The van der Waals surface area contributed by atoms with Gasteiger partial charge in [0.05, 0.1) is 0 Å². The van der Waals surface area contributed by atoms with Crippen molar-refractivity contribution in [2.75, 3.05) is 13.1 Å². The molecule has 1 rings (SSSR count). The Morgan fingerprint density at radius 2 is 1.87 bits per heavy atom. The summed E-state index contributed by atoms with van der Waals surface area (Å²) >= 11 is 0. The summed E-state index contributed by atoms with van der Waals surface area (Å²) in [5.41, 5.74) is 1.08. The van der Waals surface area contributed by atoms with Crippen molar-refractivity contribution in [1.82, 2.24) is 5.32 Å². The minimum Gasteiger partial charge on any atom is -0.316 e. The van der Waals surface area contributed by atoms with E-state index in [2.05, 4.69) is 26.1 Å². The molecule has 0 saturated heterocycles. The molecule has 1 nitrogen and oxygen atoms in total. The molecule has 0 aromatic heterocycles. The lowest BCUT2D eigenvalue weighted by molar-refractivity contribution is 0.381. The minimum absolute atomic E-state index is 0.102. The fourth-order valence-corrected chi connectivity index (χ4v) is 1.39. The second-order valence-corrected chi connectivity index (χ2v) is 5.08. The molecule has 0 fully saturated rings. The number of nitrogens with one attached hydrogen (secondary N) is 1. The lowest BCUT2D eigenvalue weighted by Gasteiger charge is -2.18. The Balaban J connectivity index is 2.30. The van der Waals surface area contributed by atoms with Crippen molar-refractivity contribution in [3.8, 4) is 0 Å². The van der Waals surface area contributed by atoms with Crippen LogP contribution in [0.15, 0.2) is 24.3 Å². The van der Waals surface area contributed by atoms with Crippen molar-refractivity contribution in [3.63, 3.8) is 0 Å². The average molecular weight is 209 g/mol. The zero-order valence-corrected chi connectivity index (χ0v) is 9.81. The van der Waals surface area contributed by atoms with E-state index in [1.54, 1.807) is 6.07 Å². The minimum atomic E-state index is -0.102. The van der Waals surface area contributed by atoms with Gasteiger partial charge in [0.15, 0.2) is 0 Å². The van der Waals surface area contributed by atoms with Gasteiger partial charge in [-0.15, -0.1) is 0 Å². The van der Waals surface area contributed by atoms with Crippen LogP contribution in [0.4, 0.5) is 4.39 Å².